The van der Waals surface area contributed by atoms with E-state index in [2.05, 4.69) is 6.58 Å². The summed E-state index contributed by atoms with van der Waals surface area (Å²) in [6.45, 7) is 3.49. The Morgan fingerprint density at radius 1 is 0.913 bits per heavy atom. The van der Waals surface area contributed by atoms with Gasteiger partial charge >= 0.3 is 0 Å². The molecule has 116 valence electrons. The van der Waals surface area contributed by atoms with Crippen molar-refractivity contribution in [3.8, 4) is 0 Å². The minimum atomic E-state index is -3.51. The molecule has 0 atom stereocenters. The highest BCUT2D eigenvalue weighted by Crippen LogP contribution is 2.24. The Morgan fingerprint density at radius 3 is 2.30 bits per heavy atom. The smallest absolute Gasteiger partial charge is 0.182 e. The van der Waals surface area contributed by atoms with Gasteiger partial charge in [-0.25, -0.2) is 8.42 Å². The van der Waals surface area contributed by atoms with E-state index in [0.717, 1.165) is 10.8 Å². The molecule has 0 fully saturated rings. The molecule has 23 heavy (non-hydrogen) atoms. The normalized spacial score (nSPS) is 11.5. The number of hydrogen-bond donors (Lipinski definition) is 1. The van der Waals surface area contributed by atoms with Gasteiger partial charge in [0.05, 0.1) is 10.6 Å². The molecule has 4 heteroatoms. The zero-order valence-corrected chi connectivity index (χ0v) is 13.3. The van der Waals surface area contributed by atoms with Gasteiger partial charge in [0.25, 0.3) is 0 Å². The summed E-state index contributed by atoms with van der Waals surface area (Å²) in [5.41, 5.74) is 0.991. The van der Waals surface area contributed by atoms with Crippen LogP contribution in [0, 0.1) is 0 Å². The van der Waals surface area contributed by atoms with Gasteiger partial charge in [0.1, 0.15) is 5.76 Å². The third-order valence-corrected chi connectivity index (χ3v) is 5.42. The summed E-state index contributed by atoms with van der Waals surface area (Å²) >= 11 is 0. The zero-order valence-electron chi connectivity index (χ0n) is 12.4. The average Bonchev–Trinajstić information content (AvgIpc) is 2.54. The molecule has 1 N–H and O–H groups in total. The molecule has 0 unspecified atom stereocenters. The van der Waals surface area contributed by atoms with E-state index in [1.807, 2.05) is 24.3 Å². The largest absolute Gasteiger partial charge is 0.508 e. The Bertz CT molecular complexity index is 988. The van der Waals surface area contributed by atoms with Crippen molar-refractivity contribution in [2.24, 2.45) is 0 Å². The van der Waals surface area contributed by atoms with Crippen LogP contribution in [0.2, 0.25) is 0 Å². The second-order valence-electron chi connectivity index (χ2n) is 5.37. The SMILES string of the molecule is C=C(O)c1ccccc1CS(=O)(=O)c1ccc2ccccc2c1. The van der Waals surface area contributed by atoms with E-state index in [-0.39, 0.29) is 16.4 Å². The number of sulfone groups is 1. The molecule has 0 bridgehead atoms. The van der Waals surface area contributed by atoms with Crippen LogP contribution in [-0.4, -0.2) is 13.5 Å². The van der Waals surface area contributed by atoms with Gasteiger partial charge in [0, 0.05) is 5.56 Å². The minimum Gasteiger partial charge on any atom is -0.508 e. The lowest BCUT2D eigenvalue weighted by atomic mass is 10.1. The number of fused-ring (bicyclic) bond motifs is 1. The standard InChI is InChI=1S/C19H16O3S/c1-14(20)19-9-5-4-8-17(19)13-23(21,22)18-11-10-15-6-2-3-7-16(15)12-18/h2-12,20H,1,13H2. The summed E-state index contributed by atoms with van der Waals surface area (Å²) in [5, 5.41) is 11.5. The van der Waals surface area contributed by atoms with Gasteiger partial charge in [-0.2, -0.15) is 0 Å². The van der Waals surface area contributed by atoms with E-state index in [4.69, 9.17) is 0 Å². The molecule has 3 aromatic rings. The second-order valence-corrected chi connectivity index (χ2v) is 7.36. The Kier molecular flexibility index (Phi) is 3.92. The highest BCUT2D eigenvalue weighted by Gasteiger charge is 2.18. The molecule has 0 aliphatic carbocycles. The first-order chi connectivity index (χ1) is 11.0. The third-order valence-electron chi connectivity index (χ3n) is 3.75. The van der Waals surface area contributed by atoms with Crippen LogP contribution in [0.4, 0.5) is 0 Å². The molecule has 0 aliphatic heterocycles. The van der Waals surface area contributed by atoms with Crippen molar-refractivity contribution >= 4 is 26.4 Å². The van der Waals surface area contributed by atoms with Crippen molar-refractivity contribution in [3.63, 3.8) is 0 Å². The Labute approximate surface area is 135 Å². The Morgan fingerprint density at radius 2 is 1.57 bits per heavy atom. The summed E-state index contributed by atoms with van der Waals surface area (Å²) < 4.78 is 25.4. The van der Waals surface area contributed by atoms with Gasteiger partial charge in [0.15, 0.2) is 9.84 Å². The third kappa shape index (κ3) is 3.12. The van der Waals surface area contributed by atoms with E-state index in [9.17, 15) is 13.5 Å². The Balaban J connectivity index is 2.03. The van der Waals surface area contributed by atoms with Crippen molar-refractivity contribution in [2.75, 3.05) is 0 Å². The van der Waals surface area contributed by atoms with Gasteiger partial charge in [-0.1, -0.05) is 61.2 Å². The number of rotatable bonds is 4. The Hall–Kier alpha value is -2.59. The molecule has 0 heterocycles. The van der Waals surface area contributed by atoms with Crippen molar-refractivity contribution in [2.45, 2.75) is 10.6 Å². The molecule has 3 aromatic carbocycles. The fraction of sp³-hybridized carbons (Fsp3) is 0.0526. The molecule has 0 saturated carbocycles. The molecule has 3 rings (SSSR count). The molecular formula is C19H16O3S. The van der Waals surface area contributed by atoms with Crippen LogP contribution >= 0.6 is 0 Å². The molecule has 0 spiro atoms. The van der Waals surface area contributed by atoms with Crippen LogP contribution in [0.1, 0.15) is 11.1 Å². The van der Waals surface area contributed by atoms with E-state index in [0.29, 0.717) is 11.1 Å². The van der Waals surface area contributed by atoms with Gasteiger partial charge in [-0.05, 0) is 28.5 Å². The number of aliphatic hydroxyl groups excluding tert-OH is 1. The van der Waals surface area contributed by atoms with Crippen molar-refractivity contribution in [1.29, 1.82) is 0 Å². The minimum absolute atomic E-state index is 0.130. The second kappa shape index (κ2) is 5.89. The molecule has 0 radical (unpaired) electrons. The van der Waals surface area contributed by atoms with Crippen LogP contribution in [0.15, 0.2) is 78.2 Å². The van der Waals surface area contributed by atoms with Crippen LogP contribution < -0.4 is 0 Å². The fourth-order valence-corrected chi connectivity index (χ4v) is 3.99. The molecule has 0 amide bonds. The lowest BCUT2D eigenvalue weighted by Crippen LogP contribution is -2.07. The number of hydrogen-bond acceptors (Lipinski definition) is 3. The fourth-order valence-electron chi connectivity index (χ4n) is 2.58. The van der Waals surface area contributed by atoms with Crippen molar-refractivity contribution in [1.82, 2.24) is 0 Å². The van der Waals surface area contributed by atoms with Crippen LogP contribution in [0.3, 0.4) is 0 Å². The first-order valence-electron chi connectivity index (χ1n) is 7.15. The first kappa shape index (κ1) is 15.3. The molecule has 0 aliphatic rings. The lowest BCUT2D eigenvalue weighted by Gasteiger charge is -2.10. The van der Waals surface area contributed by atoms with Gasteiger partial charge in [0.2, 0.25) is 0 Å². The van der Waals surface area contributed by atoms with E-state index in [1.165, 1.54) is 0 Å². The van der Waals surface area contributed by atoms with Crippen LogP contribution in [0.25, 0.3) is 16.5 Å². The molecular weight excluding hydrogens is 308 g/mol. The summed E-state index contributed by atoms with van der Waals surface area (Å²) in [4.78, 5) is 0.273. The summed E-state index contributed by atoms with van der Waals surface area (Å²) in [5.74, 6) is -0.310. The van der Waals surface area contributed by atoms with Crippen molar-refractivity contribution in [3.05, 3.63) is 84.4 Å². The predicted octanol–water partition coefficient (Wildman–Crippen LogP) is 4.34. The van der Waals surface area contributed by atoms with E-state index in [1.54, 1.807) is 42.5 Å². The topological polar surface area (TPSA) is 54.4 Å². The maximum atomic E-state index is 12.7. The zero-order chi connectivity index (χ0) is 16.4. The van der Waals surface area contributed by atoms with Crippen LogP contribution in [0.5, 0.6) is 0 Å². The van der Waals surface area contributed by atoms with Crippen LogP contribution in [-0.2, 0) is 15.6 Å². The average molecular weight is 324 g/mol. The van der Waals surface area contributed by atoms with Gasteiger partial charge in [-0.3, -0.25) is 0 Å². The quantitative estimate of drug-likeness (QED) is 0.726. The monoisotopic (exact) mass is 324 g/mol. The first-order valence-corrected chi connectivity index (χ1v) is 8.80. The van der Waals surface area contributed by atoms with Gasteiger partial charge < -0.3 is 5.11 Å². The van der Waals surface area contributed by atoms with Crippen molar-refractivity contribution < 1.29 is 13.5 Å². The highest BCUT2D eigenvalue weighted by atomic mass is 32.2. The summed E-state index contributed by atoms with van der Waals surface area (Å²) in [7, 11) is -3.51. The van der Waals surface area contributed by atoms with Gasteiger partial charge in [-0.15, -0.1) is 0 Å². The molecule has 0 saturated heterocycles. The number of aliphatic hydroxyl groups is 1. The predicted molar refractivity (Wildman–Crippen MR) is 92.9 cm³/mol. The highest BCUT2D eigenvalue weighted by molar-refractivity contribution is 7.90. The summed E-state index contributed by atoms with van der Waals surface area (Å²) in [6, 6.07) is 19.6. The maximum Gasteiger partial charge on any atom is 0.182 e. The van der Waals surface area contributed by atoms with E-state index < -0.39 is 9.84 Å². The number of benzene rings is 3. The van der Waals surface area contributed by atoms with E-state index >= 15 is 0 Å². The molecule has 3 nitrogen and oxygen atoms in total. The molecule has 0 aromatic heterocycles. The maximum absolute atomic E-state index is 12.7. The lowest BCUT2D eigenvalue weighted by molar-refractivity contribution is 0.513. The summed E-state index contributed by atoms with van der Waals surface area (Å²) in [6.07, 6.45) is 0.